The first-order valence-corrected chi connectivity index (χ1v) is 9.36. The van der Waals surface area contributed by atoms with E-state index in [9.17, 15) is 17.6 Å². The minimum Gasteiger partial charge on any atom is -0.332 e. The van der Waals surface area contributed by atoms with E-state index in [4.69, 9.17) is 0 Å². The minimum absolute atomic E-state index is 0.0400. The van der Waals surface area contributed by atoms with Crippen LogP contribution in [0.2, 0.25) is 0 Å². The average Bonchev–Trinajstić information content (AvgIpc) is 2.74. The molecule has 0 N–H and O–H groups in total. The van der Waals surface area contributed by atoms with Crippen LogP contribution in [0.1, 0.15) is 24.5 Å². The molecule has 4 nitrogen and oxygen atoms in total. The molecule has 6 heteroatoms. The molecular weight excluding hydrogens is 317 g/mol. The SMILES string of the molecule is C=CCN(C(=O)Cc1cc(F)ccc1C)C1(C)CCS(=O)(=O)C1. The van der Waals surface area contributed by atoms with Crippen molar-refractivity contribution in [3.05, 3.63) is 47.8 Å². The van der Waals surface area contributed by atoms with Crippen LogP contribution >= 0.6 is 0 Å². The van der Waals surface area contributed by atoms with E-state index >= 15 is 0 Å². The molecule has 23 heavy (non-hydrogen) atoms. The second kappa shape index (κ2) is 6.43. The second-order valence-corrected chi connectivity index (χ2v) is 8.56. The van der Waals surface area contributed by atoms with Crippen LogP contribution in [0.25, 0.3) is 0 Å². The average molecular weight is 339 g/mol. The molecule has 0 aliphatic carbocycles. The Labute approximate surface area is 136 Å². The number of carbonyl (C=O) groups excluding carboxylic acids is 1. The van der Waals surface area contributed by atoms with E-state index in [0.717, 1.165) is 5.56 Å². The summed E-state index contributed by atoms with van der Waals surface area (Å²) in [5.74, 6) is -0.549. The van der Waals surface area contributed by atoms with Crippen molar-refractivity contribution < 1.29 is 17.6 Å². The van der Waals surface area contributed by atoms with Gasteiger partial charge >= 0.3 is 0 Å². The summed E-state index contributed by atoms with van der Waals surface area (Å²) in [7, 11) is -3.13. The Kier molecular flexibility index (Phi) is 4.94. The third kappa shape index (κ3) is 3.99. The van der Waals surface area contributed by atoms with Gasteiger partial charge in [-0.3, -0.25) is 4.79 Å². The highest BCUT2D eigenvalue weighted by atomic mass is 32.2. The number of nitrogens with zero attached hydrogens (tertiary/aromatic N) is 1. The number of carbonyl (C=O) groups is 1. The summed E-state index contributed by atoms with van der Waals surface area (Å²) in [6.45, 7) is 7.54. The zero-order valence-corrected chi connectivity index (χ0v) is 14.3. The van der Waals surface area contributed by atoms with Crippen LogP contribution in [-0.2, 0) is 21.1 Å². The Morgan fingerprint density at radius 2 is 2.17 bits per heavy atom. The highest BCUT2D eigenvalue weighted by Crippen LogP contribution is 2.30. The van der Waals surface area contributed by atoms with Gasteiger partial charge in [0, 0.05) is 6.54 Å². The number of halogens is 1. The lowest BCUT2D eigenvalue weighted by atomic mass is 9.97. The molecule has 1 heterocycles. The van der Waals surface area contributed by atoms with Crippen LogP contribution < -0.4 is 0 Å². The summed E-state index contributed by atoms with van der Waals surface area (Å²) in [5.41, 5.74) is 0.724. The molecule has 0 aromatic heterocycles. The van der Waals surface area contributed by atoms with Crippen molar-refractivity contribution in [2.45, 2.75) is 32.2 Å². The van der Waals surface area contributed by atoms with Crippen molar-refractivity contribution >= 4 is 15.7 Å². The number of aryl methyl sites for hydroxylation is 1. The lowest BCUT2D eigenvalue weighted by Crippen LogP contribution is -2.51. The third-order valence-electron chi connectivity index (χ3n) is 4.40. The van der Waals surface area contributed by atoms with Crippen LogP contribution in [0.15, 0.2) is 30.9 Å². The first kappa shape index (κ1) is 17.7. The molecule has 0 spiro atoms. The quantitative estimate of drug-likeness (QED) is 0.773. The molecule has 0 radical (unpaired) electrons. The van der Waals surface area contributed by atoms with Crippen molar-refractivity contribution in [3.8, 4) is 0 Å². The maximum atomic E-state index is 13.4. The monoisotopic (exact) mass is 339 g/mol. The number of amides is 1. The molecule has 1 saturated heterocycles. The Morgan fingerprint density at radius 3 is 2.74 bits per heavy atom. The standard InChI is InChI=1S/C17H22FNO3S/c1-4-8-19(17(3)7-9-23(21,22)12-17)16(20)11-14-10-15(18)6-5-13(14)2/h4-6,10H,1,7-9,11-12H2,2-3H3. The van der Waals surface area contributed by atoms with Gasteiger partial charge in [-0.2, -0.15) is 0 Å². The predicted molar refractivity (Wildman–Crippen MR) is 88.4 cm³/mol. The molecule has 1 fully saturated rings. The summed E-state index contributed by atoms with van der Waals surface area (Å²) in [4.78, 5) is 14.3. The third-order valence-corrected chi connectivity index (χ3v) is 6.29. The molecule has 1 atom stereocenters. The van der Waals surface area contributed by atoms with Crippen molar-refractivity contribution in [1.82, 2.24) is 4.90 Å². The van der Waals surface area contributed by atoms with Crippen LogP contribution in [0.4, 0.5) is 4.39 Å². The number of hydrogen-bond acceptors (Lipinski definition) is 3. The van der Waals surface area contributed by atoms with Crippen LogP contribution in [0.5, 0.6) is 0 Å². The number of hydrogen-bond donors (Lipinski definition) is 0. The van der Waals surface area contributed by atoms with E-state index in [1.807, 2.05) is 6.92 Å². The Balaban J connectivity index is 2.25. The molecule has 2 rings (SSSR count). The molecule has 126 valence electrons. The van der Waals surface area contributed by atoms with Crippen LogP contribution in [0, 0.1) is 12.7 Å². The van der Waals surface area contributed by atoms with Crippen LogP contribution in [-0.4, -0.2) is 42.8 Å². The molecular formula is C17H22FNO3S. The smallest absolute Gasteiger partial charge is 0.227 e. The summed E-state index contributed by atoms with van der Waals surface area (Å²) in [6.07, 6.45) is 2.05. The zero-order valence-electron chi connectivity index (χ0n) is 13.5. The molecule has 1 aliphatic rings. The highest BCUT2D eigenvalue weighted by molar-refractivity contribution is 7.91. The Morgan fingerprint density at radius 1 is 1.48 bits per heavy atom. The first-order valence-electron chi connectivity index (χ1n) is 7.54. The van der Waals surface area contributed by atoms with E-state index < -0.39 is 15.4 Å². The number of sulfone groups is 1. The summed E-state index contributed by atoms with van der Waals surface area (Å²) >= 11 is 0. The van der Waals surface area contributed by atoms with E-state index in [-0.39, 0.29) is 36.2 Å². The van der Waals surface area contributed by atoms with Gasteiger partial charge in [-0.05, 0) is 43.5 Å². The van der Waals surface area contributed by atoms with Gasteiger partial charge in [-0.25, -0.2) is 12.8 Å². The van der Waals surface area contributed by atoms with E-state index in [1.54, 1.807) is 24.0 Å². The van der Waals surface area contributed by atoms with Crippen molar-refractivity contribution in [2.24, 2.45) is 0 Å². The molecule has 0 bridgehead atoms. The fourth-order valence-corrected chi connectivity index (χ4v) is 5.19. The molecule has 1 aliphatic heterocycles. The topological polar surface area (TPSA) is 54.5 Å². The van der Waals surface area contributed by atoms with Crippen molar-refractivity contribution in [2.75, 3.05) is 18.1 Å². The molecule has 0 saturated carbocycles. The van der Waals surface area contributed by atoms with Crippen LogP contribution in [0.3, 0.4) is 0 Å². The number of rotatable bonds is 5. The van der Waals surface area contributed by atoms with Gasteiger partial charge < -0.3 is 4.90 Å². The van der Waals surface area contributed by atoms with Gasteiger partial charge in [0.1, 0.15) is 5.82 Å². The van der Waals surface area contributed by atoms with Gasteiger partial charge in [0.25, 0.3) is 0 Å². The molecule has 1 amide bonds. The van der Waals surface area contributed by atoms with E-state index in [2.05, 4.69) is 6.58 Å². The van der Waals surface area contributed by atoms with Gasteiger partial charge in [0.15, 0.2) is 9.84 Å². The summed E-state index contributed by atoms with van der Waals surface area (Å²) < 4.78 is 37.0. The predicted octanol–water partition coefficient (Wildman–Crippen LogP) is 2.27. The normalized spacial score (nSPS) is 22.7. The van der Waals surface area contributed by atoms with Crippen molar-refractivity contribution in [3.63, 3.8) is 0 Å². The highest BCUT2D eigenvalue weighted by Gasteiger charge is 2.44. The number of benzene rings is 1. The van der Waals surface area contributed by atoms with Gasteiger partial charge in [-0.1, -0.05) is 12.1 Å². The van der Waals surface area contributed by atoms with E-state index in [1.165, 1.54) is 12.1 Å². The molecule has 1 aromatic carbocycles. The van der Waals surface area contributed by atoms with Crippen molar-refractivity contribution in [1.29, 1.82) is 0 Å². The fraction of sp³-hybridized carbons (Fsp3) is 0.471. The molecule has 1 aromatic rings. The maximum absolute atomic E-state index is 13.4. The maximum Gasteiger partial charge on any atom is 0.227 e. The first-order chi connectivity index (χ1) is 10.7. The fourth-order valence-electron chi connectivity index (χ4n) is 3.05. The Hall–Kier alpha value is -1.69. The second-order valence-electron chi connectivity index (χ2n) is 6.38. The zero-order chi connectivity index (χ0) is 17.3. The minimum atomic E-state index is -3.13. The van der Waals surface area contributed by atoms with Gasteiger partial charge in [0.05, 0.1) is 23.5 Å². The molecule has 1 unspecified atom stereocenters. The summed E-state index contributed by atoms with van der Waals surface area (Å²) in [5, 5.41) is 0. The Bertz CT molecular complexity index is 729. The van der Waals surface area contributed by atoms with Gasteiger partial charge in [-0.15, -0.1) is 6.58 Å². The van der Waals surface area contributed by atoms with Gasteiger partial charge in [0.2, 0.25) is 5.91 Å². The van der Waals surface area contributed by atoms with E-state index in [0.29, 0.717) is 12.0 Å². The lowest BCUT2D eigenvalue weighted by molar-refractivity contribution is -0.134. The largest absolute Gasteiger partial charge is 0.332 e. The lowest BCUT2D eigenvalue weighted by Gasteiger charge is -2.37. The summed E-state index contributed by atoms with van der Waals surface area (Å²) in [6, 6.07) is 4.35.